The van der Waals surface area contributed by atoms with Gasteiger partial charge in [-0.05, 0) is 18.6 Å². The zero-order valence-electron chi connectivity index (χ0n) is 13.1. The monoisotopic (exact) mass is 361 g/mol. The fourth-order valence-corrected chi connectivity index (χ4v) is 3.71. The first-order chi connectivity index (χ1) is 11.6. The second-order valence-electron chi connectivity index (χ2n) is 5.03. The molecule has 0 saturated carbocycles. The number of rotatable bonds is 5. The van der Waals surface area contributed by atoms with Crippen molar-refractivity contribution in [1.29, 1.82) is 0 Å². The summed E-state index contributed by atoms with van der Waals surface area (Å²) in [5.41, 5.74) is 2.19. The number of nitrogens with one attached hydrogen (secondary N) is 1. The number of fused-ring (bicyclic) bond motifs is 1. The van der Waals surface area contributed by atoms with Crippen molar-refractivity contribution in [3.05, 3.63) is 46.0 Å². The van der Waals surface area contributed by atoms with Gasteiger partial charge >= 0.3 is 0 Å². The Morgan fingerprint density at radius 3 is 3.04 bits per heavy atom. The summed E-state index contributed by atoms with van der Waals surface area (Å²) in [7, 11) is 0. The Morgan fingerprint density at radius 1 is 1.42 bits per heavy atom. The molecule has 3 rings (SSSR count). The molecule has 0 fully saturated rings. The minimum Gasteiger partial charge on any atom is -0.301 e. The van der Waals surface area contributed by atoms with Crippen LogP contribution in [0.1, 0.15) is 24.6 Å². The molecule has 0 atom stereocenters. The van der Waals surface area contributed by atoms with Gasteiger partial charge in [-0.3, -0.25) is 14.0 Å². The molecule has 7 nitrogen and oxygen atoms in total. The van der Waals surface area contributed by atoms with Crippen LogP contribution >= 0.6 is 23.1 Å². The van der Waals surface area contributed by atoms with Crippen molar-refractivity contribution < 1.29 is 4.79 Å². The molecule has 0 radical (unpaired) electrons. The smallest absolute Gasteiger partial charge is 0.258 e. The van der Waals surface area contributed by atoms with E-state index in [1.54, 1.807) is 13.1 Å². The van der Waals surface area contributed by atoms with E-state index in [1.165, 1.54) is 33.6 Å². The van der Waals surface area contributed by atoms with Crippen LogP contribution in [-0.2, 0) is 10.5 Å². The number of thioether (sulfide) groups is 1. The Kier molecular flexibility index (Phi) is 4.91. The molecule has 0 unspecified atom stereocenters. The molecule has 3 heterocycles. The minimum atomic E-state index is -0.104. The first-order valence-electron chi connectivity index (χ1n) is 7.31. The molecular formula is C15H15N5O2S2. The lowest BCUT2D eigenvalue weighted by atomic mass is 10.3. The van der Waals surface area contributed by atoms with Gasteiger partial charge in [0.2, 0.25) is 11.0 Å². The number of anilines is 1. The second-order valence-corrected chi connectivity index (χ2v) is 7.23. The Hall–Kier alpha value is -2.26. The molecule has 24 heavy (non-hydrogen) atoms. The number of nitrogens with zero attached hydrogens (tertiary/aromatic N) is 4. The number of carbonyl (C=O) groups excluding carboxylic acids is 1. The first-order valence-corrected chi connectivity index (χ1v) is 9.11. The lowest BCUT2D eigenvalue weighted by Crippen LogP contribution is -2.15. The number of amides is 1. The van der Waals surface area contributed by atoms with Crippen LogP contribution in [0.5, 0.6) is 0 Å². The van der Waals surface area contributed by atoms with E-state index in [0.29, 0.717) is 33.0 Å². The van der Waals surface area contributed by atoms with Gasteiger partial charge in [-0.15, -0.1) is 10.2 Å². The molecule has 1 amide bonds. The summed E-state index contributed by atoms with van der Waals surface area (Å²) in [4.78, 5) is 28.0. The van der Waals surface area contributed by atoms with E-state index in [0.717, 1.165) is 5.56 Å². The standard InChI is InChI=1S/C15H15N5O2S2/c1-3-11(21)17-14-18-19-15(24-14)23-8-10-7-12(22)20-6-4-5-9(2)13(20)16-10/h4-7H,3,8H2,1-2H3,(H,17,18,21). The number of hydrogen-bond donors (Lipinski definition) is 1. The zero-order valence-corrected chi connectivity index (χ0v) is 14.8. The second kappa shape index (κ2) is 7.10. The van der Waals surface area contributed by atoms with Gasteiger partial charge in [-0.25, -0.2) is 4.98 Å². The largest absolute Gasteiger partial charge is 0.301 e. The summed E-state index contributed by atoms with van der Waals surface area (Å²) >= 11 is 2.74. The number of hydrogen-bond acceptors (Lipinski definition) is 7. The van der Waals surface area contributed by atoms with Crippen LogP contribution < -0.4 is 10.9 Å². The number of aryl methyl sites for hydroxylation is 1. The predicted octanol–water partition coefficient (Wildman–Crippen LogP) is 2.50. The topological polar surface area (TPSA) is 89.2 Å². The molecule has 3 aromatic rings. The molecule has 0 aromatic carbocycles. The zero-order chi connectivity index (χ0) is 17.1. The summed E-state index contributed by atoms with van der Waals surface area (Å²) in [5.74, 6) is 0.415. The molecule has 3 aromatic heterocycles. The molecule has 9 heteroatoms. The maximum atomic E-state index is 12.2. The quantitative estimate of drug-likeness (QED) is 0.555. The molecule has 1 N–H and O–H groups in total. The normalized spacial score (nSPS) is 10.9. The van der Waals surface area contributed by atoms with Crippen LogP contribution in [0.3, 0.4) is 0 Å². The van der Waals surface area contributed by atoms with Crippen LogP contribution in [0.25, 0.3) is 5.65 Å². The highest BCUT2D eigenvalue weighted by molar-refractivity contribution is 8.00. The number of pyridine rings is 1. The lowest BCUT2D eigenvalue weighted by Gasteiger charge is -2.05. The molecule has 0 spiro atoms. The van der Waals surface area contributed by atoms with Crippen molar-refractivity contribution in [2.75, 3.05) is 5.32 Å². The summed E-state index contributed by atoms with van der Waals surface area (Å²) < 4.78 is 2.25. The molecule has 0 aliphatic carbocycles. The van der Waals surface area contributed by atoms with Gasteiger partial charge in [0, 0.05) is 24.4 Å². The third kappa shape index (κ3) is 3.62. The SMILES string of the molecule is CCC(=O)Nc1nnc(SCc2cc(=O)n3cccc(C)c3n2)s1. The summed E-state index contributed by atoms with van der Waals surface area (Å²) in [5, 5.41) is 11.1. The van der Waals surface area contributed by atoms with E-state index >= 15 is 0 Å². The van der Waals surface area contributed by atoms with Crippen LogP contribution in [0.15, 0.2) is 33.5 Å². The van der Waals surface area contributed by atoms with E-state index < -0.39 is 0 Å². The Morgan fingerprint density at radius 2 is 2.25 bits per heavy atom. The molecule has 0 bridgehead atoms. The van der Waals surface area contributed by atoms with E-state index in [1.807, 2.05) is 19.1 Å². The van der Waals surface area contributed by atoms with Crippen molar-refractivity contribution in [3.8, 4) is 0 Å². The fourth-order valence-electron chi connectivity index (χ4n) is 2.04. The van der Waals surface area contributed by atoms with Gasteiger partial charge in [0.15, 0.2) is 4.34 Å². The highest BCUT2D eigenvalue weighted by Gasteiger charge is 2.09. The summed E-state index contributed by atoms with van der Waals surface area (Å²) in [6, 6.07) is 5.28. The Labute approximate surface area is 146 Å². The fraction of sp³-hybridized carbons (Fsp3) is 0.267. The van der Waals surface area contributed by atoms with Gasteiger partial charge in [-0.1, -0.05) is 36.1 Å². The third-order valence-corrected chi connectivity index (χ3v) is 5.26. The predicted molar refractivity (Wildman–Crippen MR) is 94.6 cm³/mol. The average molecular weight is 361 g/mol. The first kappa shape index (κ1) is 16.6. The number of aromatic nitrogens is 4. The number of carbonyl (C=O) groups is 1. The van der Waals surface area contributed by atoms with E-state index in [2.05, 4.69) is 20.5 Å². The van der Waals surface area contributed by atoms with E-state index in [-0.39, 0.29) is 11.5 Å². The van der Waals surface area contributed by atoms with Crippen LogP contribution in [0.4, 0.5) is 5.13 Å². The maximum Gasteiger partial charge on any atom is 0.258 e. The molecule has 0 saturated heterocycles. The van der Waals surface area contributed by atoms with Crippen molar-refractivity contribution in [1.82, 2.24) is 19.6 Å². The minimum absolute atomic E-state index is 0.0950. The highest BCUT2D eigenvalue weighted by atomic mass is 32.2. The van der Waals surface area contributed by atoms with Crippen LogP contribution in [-0.4, -0.2) is 25.5 Å². The van der Waals surface area contributed by atoms with Crippen molar-refractivity contribution in [2.45, 2.75) is 30.4 Å². The van der Waals surface area contributed by atoms with Gasteiger partial charge < -0.3 is 5.32 Å². The van der Waals surface area contributed by atoms with E-state index in [9.17, 15) is 9.59 Å². The van der Waals surface area contributed by atoms with Crippen molar-refractivity contribution >= 4 is 39.8 Å². The van der Waals surface area contributed by atoms with Crippen molar-refractivity contribution in [2.24, 2.45) is 0 Å². The average Bonchev–Trinajstić information content (AvgIpc) is 3.01. The molecular weight excluding hydrogens is 346 g/mol. The summed E-state index contributed by atoms with van der Waals surface area (Å²) in [6.07, 6.45) is 2.11. The van der Waals surface area contributed by atoms with Crippen LogP contribution in [0.2, 0.25) is 0 Å². The van der Waals surface area contributed by atoms with Gasteiger partial charge in [0.05, 0.1) is 5.69 Å². The van der Waals surface area contributed by atoms with Gasteiger partial charge in [0.1, 0.15) is 5.65 Å². The third-order valence-electron chi connectivity index (χ3n) is 3.26. The van der Waals surface area contributed by atoms with Crippen LogP contribution in [0, 0.1) is 6.92 Å². The summed E-state index contributed by atoms with van der Waals surface area (Å²) in [6.45, 7) is 3.70. The molecule has 0 aliphatic heterocycles. The van der Waals surface area contributed by atoms with Gasteiger partial charge in [0.25, 0.3) is 5.56 Å². The molecule has 0 aliphatic rings. The lowest BCUT2D eigenvalue weighted by molar-refractivity contribution is -0.115. The highest BCUT2D eigenvalue weighted by Crippen LogP contribution is 2.27. The van der Waals surface area contributed by atoms with E-state index in [4.69, 9.17) is 0 Å². The Balaban J connectivity index is 1.75. The Bertz CT molecular complexity index is 950. The molecule has 124 valence electrons. The van der Waals surface area contributed by atoms with Crippen molar-refractivity contribution in [3.63, 3.8) is 0 Å². The van der Waals surface area contributed by atoms with Gasteiger partial charge in [-0.2, -0.15) is 0 Å². The maximum absolute atomic E-state index is 12.2.